The smallest absolute Gasteiger partial charge is 0.254 e. The molecule has 2 aliphatic heterocycles. The number of carbonyl (C=O) groups is 1. The Labute approximate surface area is 212 Å². The van der Waals surface area contributed by atoms with Crippen LogP contribution in [-0.4, -0.2) is 53.1 Å². The predicted molar refractivity (Wildman–Crippen MR) is 139 cm³/mol. The lowest BCUT2D eigenvalue weighted by Gasteiger charge is -2.41. The summed E-state index contributed by atoms with van der Waals surface area (Å²) in [6.07, 6.45) is 8.76. The van der Waals surface area contributed by atoms with Crippen LogP contribution in [0.2, 0.25) is 0 Å². The van der Waals surface area contributed by atoms with Gasteiger partial charge in [0.15, 0.2) is 0 Å². The first-order valence-corrected chi connectivity index (χ1v) is 13.3. The second-order valence-corrected chi connectivity index (χ2v) is 10.5. The molecule has 1 saturated heterocycles. The minimum atomic E-state index is 0.0130. The molecule has 6 rings (SSSR count). The van der Waals surface area contributed by atoms with Gasteiger partial charge in [-0.2, -0.15) is 5.26 Å². The van der Waals surface area contributed by atoms with E-state index in [1.54, 1.807) is 0 Å². The zero-order valence-corrected chi connectivity index (χ0v) is 20.9. The van der Waals surface area contributed by atoms with Crippen molar-refractivity contribution >= 4 is 22.6 Å². The molecular weight excluding hydrogens is 450 g/mol. The van der Waals surface area contributed by atoms with Gasteiger partial charge in [0.25, 0.3) is 5.91 Å². The van der Waals surface area contributed by atoms with Gasteiger partial charge in [0.05, 0.1) is 24.5 Å². The van der Waals surface area contributed by atoms with Crippen LogP contribution in [0.1, 0.15) is 77.7 Å². The molecule has 1 amide bonds. The van der Waals surface area contributed by atoms with Gasteiger partial charge < -0.3 is 19.5 Å². The van der Waals surface area contributed by atoms with E-state index < -0.39 is 0 Å². The number of anilines is 1. The third-order valence-corrected chi connectivity index (χ3v) is 8.26. The number of pyridine rings is 1. The SMILES string of the molecule is CC1CN(c2nc(C3CCCCC3)c3c(c2C#N)CCOC3)CCN1C(=O)c1ccc2[nH]ccc2c1. The normalized spacial score (nSPS) is 20.8. The van der Waals surface area contributed by atoms with Gasteiger partial charge in [-0.05, 0) is 56.0 Å². The molecule has 7 heteroatoms. The van der Waals surface area contributed by atoms with Gasteiger partial charge in [-0.15, -0.1) is 0 Å². The van der Waals surface area contributed by atoms with Gasteiger partial charge in [-0.3, -0.25) is 4.79 Å². The first kappa shape index (κ1) is 23.1. The number of nitrogens with zero attached hydrogens (tertiary/aromatic N) is 4. The van der Waals surface area contributed by atoms with E-state index in [1.165, 1.54) is 19.3 Å². The Balaban J connectivity index is 1.29. The maximum absolute atomic E-state index is 13.4. The Morgan fingerprint density at radius 2 is 2.03 bits per heavy atom. The van der Waals surface area contributed by atoms with Crippen molar-refractivity contribution in [1.29, 1.82) is 5.26 Å². The van der Waals surface area contributed by atoms with E-state index in [4.69, 9.17) is 9.72 Å². The lowest BCUT2D eigenvalue weighted by atomic mass is 9.82. The third-order valence-electron chi connectivity index (χ3n) is 8.26. The van der Waals surface area contributed by atoms with Crippen LogP contribution >= 0.6 is 0 Å². The van der Waals surface area contributed by atoms with Crippen molar-refractivity contribution in [2.45, 2.75) is 64.0 Å². The number of amides is 1. The monoisotopic (exact) mass is 483 g/mol. The highest BCUT2D eigenvalue weighted by atomic mass is 16.5. The Hall–Kier alpha value is -3.37. The third kappa shape index (κ3) is 4.04. The average Bonchev–Trinajstić information content (AvgIpc) is 3.40. The summed E-state index contributed by atoms with van der Waals surface area (Å²) in [7, 11) is 0. The molecule has 3 aromatic rings. The molecule has 0 bridgehead atoms. The number of nitrogens with one attached hydrogen (secondary N) is 1. The summed E-state index contributed by atoms with van der Waals surface area (Å²) in [5.41, 5.74) is 5.91. The standard InChI is InChI=1S/C29H33N5O2/c1-19-17-33(12-13-34(19)29(35)22-7-8-26-21(15-22)9-11-31-26)28-24(16-30)23-10-14-36-18-25(23)27(32-28)20-5-3-2-4-6-20/h7-9,11,15,19-20,31H,2-6,10,12-14,17-18H2,1H3. The van der Waals surface area contributed by atoms with Crippen molar-refractivity contribution in [3.63, 3.8) is 0 Å². The van der Waals surface area contributed by atoms with E-state index in [1.807, 2.05) is 35.4 Å². The molecule has 0 radical (unpaired) electrons. The second-order valence-electron chi connectivity index (χ2n) is 10.5. The van der Waals surface area contributed by atoms with Gasteiger partial charge >= 0.3 is 0 Å². The van der Waals surface area contributed by atoms with Crippen LogP contribution in [0.15, 0.2) is 30.5 Å². The maximum atomic E-state index is 13.4. The fourth-order valence-electron chi connectivity index (χ4n) is 6.33. The van der Waals surface area contributed by atoms with Crippen molar-refractivity contribution in [1.82, 2.24) is 14.9 Å². The number of piperazine rings is 1. The Morgan fingerprint density at radius 3 is 2.83 bits per heavy atom. The van der Waals surface area contributed by atoms with E-state index in [0.29, 0.717) is 49.9 Å². The predicted octanol–water partition coefficient (Wildman–Crippen LogP) is 4.91. The first-order valence-electron chi connectivity index (χ1n) is 13.3. The summed E-state index contributed by atoms with van der Waals surface area (Å²) in [6.45, 7) is 5.26. The number of aromatic nitrogens is 2. The zero-order valence-electron chi connectivity index (χ0n) is 20.9. The van der Waals surface area contributed by atoms with Gasteiger partial charge in [0, 0.05) is 59.8 Å². The number of ether oxygens (including phenoxy) is 1. The minimum absolute atomic E-state index is 0.0130. The molecule has 2 aromatic heterocycles. The van der Waals surface area contributed by atoms with Crippen molar-refractivity contribution in [3.8, 4) is 6.07 Å². The second kappa shape index (κ2) is 9.59. The molecule has 4 heterocycles. The van der Waals surface area contributed by atoms with E-state index >= 15 is 0 Å². The lowest BCUT2D eigenvalue weighted by molar-refractivity contribution is 0.0673. The van der Waals surface area contributed by atoms with Crippen LogP contribution in [0.4, 0.5) is 5.82 Å². The molecule has 0 spiro atoms. The van der Waals surface area contributed by atoms with Crippen LogP contribution < -0.4 is 4.90 Å². The van der Waals surface area contributed by atoms with Gasteiger partial charge in [-0.25, -0.2) is 4.98 Å². The van der Waals surface area contributed by atoms with Crippen LogP contribution in [0.3, 0.4) is 0 Å². The molecule has 3 aliphatic rings. The van der Waals surface area contributed by atoms with E-state index in [-0.39, 0.29) is 11.9 Å². The number of hydrogen-bond donors (Lipinski definition) is 1. The summed E-state index contributed by atoms with van der Waals surface area (Å²) < 4.78 is 5.82. The molecular formula is C29H33N5O2. The first-order chi connectivity index (χ1) is 17.6. The van der Waals surface area contributed by atoms with Gasteiger partial charge in [0.2, 0.25) is 0 Å². The van der Waals surface area contributed by atoms with E-state index in [9.17, 15) is 10.1 Å². The zero-order chi connectivity index (χ0) is 24.6. The molecule has 1 atom stereocenters. The Bertz CT molecular complexity index is 1330. The highest BCUT2D eigenvalue weighted by Gasteiger charge is 2.33. The number of H-pyrrole nitrogens is 1. The minimum Gasteiger partial charge on any atom is -0.376 e. The molecule has 1 unspecified atom stereocenters. The van der Waals surface area contributed by atoms with Gasteiger partial charge in [-0.1, -0.05) is 19.3 Å². The molecule has 1 aliphatic carbocycles. The number of rotatable bonds is 3. The molecule has 186 valence electrons. The fourth-order valence-corrected chi connectivity index (χ4v) is 6.33. The van der Waals surface area contributed by atoms with Crippen LogP contribution in [0.5, 0.6) is 0 Å². The average molecular weight is 484 g/mol. The topological polar surface area (TPSA) is 85.2 Å². The molecule has 1 saturated carbocycles. The summed E-state index contributed by atoms with van der Waals surface area (Å²) in [5.74, 6) is 1.32. The van der Waals surface area contributed by atoms with E-state index in [2.05, 4.69) is 22.9 Å². The Kier molecular flexibility index (Phi) is 6.14. The molecule has 2 fully saturated rings. The number of fused-ring (bicyclic) bond motifs is 2. The summed E-state index contributed by atoms with van der Waals surface area (Å²) >= 11 is 0. The van der Waals surface area contributed by atoms with E-state index in [0.717, 1.165) is 52.8 Å². The van der Waals surface area contributed by atoms with Crippen LogP contribution in [-0.2, 0) is 17.8 Å². The summed E-state index contributed by atoms with van der Waals surface area (Å²) in [6, 6.07) is 10.3. The molecule has 36 heavy (non-hydrogen) atoms. The number of hydrogen-bond acceptors (Lipinski definition) is 5. The highest BCUT2D eigenvalue weighted by Crippen LogP contribution is 2.39. The van der Waals surface area contributed by atoms with Crippen molar-refractivity contribution in [3.05, 3.63) is 58.4 Å². The summed E-state index contributed by atoms with van der Waals surface area (Å²) in [4.78, 5) is 26.0. The number of benzene rings is 1. The van der Waals surface area contributed by atoms with Crippen molar-refractivity contribution < 1.29 is 9.53 Å². The summed E-state index contributed by atoms with van der Waals surface area (Å²) in [5, 5.41) is 11.3. The largest absolute Gasteiger partial charge is 0.376 e. The van der Waals surface area contributed by atoms with Crippen LogP contribution in [0, 0.1) is 11.3 Å². The Morgan fingerprint density at radius 1 is 1.17 bits per heavy atom. The number of nitriles is 1. The molecule has 1 aromatic carbocycles. The molecule has 1 N–H and O–H groups in total. The maximum Gasteiger partial charge on any atom is 0.254 e. The van der Waals surface area contributed by atoms with Crippen molar-refractivity contribution in [2.24, 2.45) is 0 Å². The highest BCUT2D eigenvalue weighted by molar-refractivity contribution is 5.98. The molecule has 7 nitrogen and oxygen atoms in total. The lowest BCUT2D eigenvalue weighted by Crippen LogP contribution is -2.54. The van der Waals surface area contributed by atoms with Crippen molar-refractivity contribution in [2.75, 3.05) is 31.1 Å². The number of carbonyl (C=O) groups excluding carboxylic acids is 1. The van der Waals surface area contributed by atoms with Gasteiger partial charge in [0.1, 0.15) is 11.9 Å². The fraction of sp³-hybridized carbons (Fsp3) is 0.483. The quantitative estimate of drug-likeness (QED) is 0.572. The number of aromatic amines is 1. The van der Waals surface area contributed by atoms with Crippen LogP contribution in [0.25, 0.3) is 10.9 Å².